The monoisotopic (exact) mass is 184 g/mol. The van der Waals surface area contributed by atoms with Gasteiger partial charge in [0.05, 0.1) is 0 Å². The number of rotatable bonds is 3. The van der Waals surface area contributed by atoms with Crippen LogP contribution in [0.2, 0.25) is 0 Å². The number of methoxy groups -OCH3 is 1. The Bertz CT molecular complexity index is 294. The molecule has 0 fully saturated rings. The Kier molecular flexibility index (Phi) is 2.97. The first-order chi connectivity index (χ1) is 6.15. The van der Waals surface area contributed by atoms with Crippen molar-refractivity contribution in [1.29, 1.82) is 0 Å². The van der Waals surface area contributed by atoms with Gasteiger partial charge in [-0.1, -0.05) is 12.1 Å². The lowest BCUT2D eigenvalue weighted by Gasteiger charge is -2.09. The van der Waals surface area contributed by atoms with E-state index in [2.05, 4.69) is 0 Å². The first kappa shape index (κ1) is 9.67. The Labute approximate surface area is 74.8 Å². The molecule has 3 nitrogen and oxygen atoms in total. The molecule has 0 aliphatic rings. The molecule has 0 saturated carbocycles. The van der Waals surface area contributed by atoms with E-state index < -0.39 is 17.9 Å². The molecule has 1 atom stereocenters. The minimum absolute atomic E-state index is 0.399. The average molecular weight is 184 g/mol. The van der Waals surface area contributed by atoms with Gasteiger partial charge in [0.2, 0.25) is 0 Å². The van der Waals surface area contributed by atoms with Crippen molar-refractivity contribution in [3.8, 4) is 0 Å². The first-order valence-electron chi connectivity index (χ1n) is 3.66. The highest BCUT2D eigenvalue weighted by atomic mass is 19.1. The third-order valence-corrected chi connectivity index (χ3v) is 1.63. The number of ether oxygens (including phenoxy) is 1. The zero-order chi connectivity index (χ0) is 9.84. The second-order valence-corrected chi connectivity index (χ2v) is 2.51. The highest BCUT2D eigenvalue weighted by Crippen LogP contribution is 2.16. The summed E-state index contributed by atoms with van der Waals surface area (Å²) in [7, 11) is 1.29. The van der Waals surface area contributed by atoms with E-state index in [-0.39, 0.29) is 0 Å². The molecule has 1 aromatic carbocycles. The Morgan fingerprint density at radius 2 is 2.00 bits per heavy atom. The third kappa shape index (κ3) is 2.26. The topological polar surface area (TPSA) is 46.5 Å². The Morgan fingerprint density at radius 3 is 2.38 bits per heavy atom. The van der Waals surface area contributed by atoms with E-state index in [1.54, 1.807) is 0 Å². The second-order valence-electron chi connectivity index (χ2n) is 2.51. The van der Waals surface area contributed by atoms with Crippen LogP contribution in [0.1, 0.15) is 11.7 Å². The molecule has 70 valence electrons. The quantitative estimate of drug-likeness (QED) is 0.776. The summed E-state index contributed by atoms with van der Waals surface area (Å²) in [6.45, 7) is 0. The molecule has 0 unspecified atom stereocenters. The molecule has 0 aliphatic heterocycles. The summed E-state index contributed by atoms with van der Waals surface area (Å²) in [5.41, 5.74) is 0.427. The highest BCUT2D eigenvalue weighted by molar-refractivity contribution is 5.74. The van der Waals surface area contributed by atoms with Crippen molar-refractivity contribution in [2.75, 3.05) is 7.11 Å². The van der Waals surface area contributed by atoms with Gasteiger partial charge < -0.3 is 9.84 Å². The molecule has 0 radical (unpaired) electrons. The zero-order valence-electron chi connectivity index (χ0n) is 7.03. The number of carbonyl (C=O) groups is 1. The summed E-state index contributed by atoms with van der Waals surface area (Å²) in [5, 5.41) is 8.68. The van der Waals surface area contributed by atoms with Crippen molar-refractivity contribution in [3.63, 3.8) is 0 Å². The molecule has 0 saturated heterocycles. The molecule has 0 bridgehead atoms. The summed E-state index contributed by atoms with van der Waals surface area (Å²) >= 11 is 0. The number of hydrogen-bond donors (Lipinski definition) is 1. The van der Waals surface area contributed by atoms with Crippen LogP contribution in [0.15, 0.2) is 24.3 Å². The number of carboxylic acids is 1. The summed E-state index contributed by atoms with van der Waals surface area (Å²) < 4.78 is 17.2. The van der Waals surface area contributed by atoms with Gasteiger partial charge in [0.25, 0.3) is 0 Å². The van der Waals surface area contributed by atoms with Crippen LogP contribution in [0.4, 0.5) is 4.39 Å². The maximum atomic E-state index is 12.5. The number of benzene rings is 1. The van der Waals surface area contributed by atoms with Crippen molar-refractivity contribution >= 4 is 5.97 Å². The lowest BCUT2D eigenvalue weighted by Crippen LogP contribution is -2.13. The SMILES string of the molecule is CO[C@H](C(=O)O)c1ccc(F)cc1. The molecule has 1 aromatic rings. The molecule has 0 aliphatic carbocycles. The fraction of sp³-hybridized carbons (Fsp3) is 0.222. The molecule has 0 heterocycles. The van der Waals surface area contributed by atoms with E-state index in [0.29, 0.717) is 5.56 Å². The molecule has 0 amide bonds. The Balaban J connectivity index is 2.92. The lowest BCUT2D eigenvalue weighted by molar-refractivity contribution is -0.148. The van der Waals surface area contributed by atoms with Gasteiger partial charge in [-0.05, 0) is 17.7 Å². The van der Waals surface area contributed by atoms with Crippen molar-refractivity contribution in [3.05, 3.63) is 35.6 Å². The van der Waals surface area contributed by atoms with Crippen molar-refractivity contribution in [2.45, 2.75) is 6.10 Å². The van der Waals surface area contributed by atoms with Crippen LogP contribution in [0.25, 0.3) is 0 Å². The smallest absolute Gasteiger partial charge is 0.337 e. The highest BCUT2D eigenvalue weighted by Gasteiger charge is 2.18. The zero-order valence-corrected chi connectivity index (χ0v) is 7.03. The van der Waals surface area contributed by atoms with E-state index in [0.717, 1.165) is 0 Å². The number of aliphatic carboxylic acids is 1. The van der Waals surface area contributed by atoms with Gasteiger partial charge in [-0.3, -0.25) is 0 Å². The van der Waals surface area contributed by atoms with Crippen molar-refractivity contribution in [2.24, 2.45) is 0 Å². The fourth-order valence-electron chi connectivity index (χ4n) is 1.02. The van der Waals surface area contributed by atoms with Crippen LogP contribution in [-0.2, 0) is 9.53 Å². The molecule has 0 aromatic heterocycles. The summed E-state index contributed by atoms with van der Waals surface area (Å²) in [6, 6.07) is 5.17. The van der Waals surface area contributed by atoms with Gasteiger partial charge in [0.15, 0.2) is 6.10 Å². The van der Waals surface area contributed by atoms with Crippen LogP contribution in [0.5, 0.6) is 0 Å². The standard InChI is InChI=1S/C9H9FO3/c1-13-8(9(11)12)6-2-4-7(10)5-3-6/h2-5,8H,1H3,(H,11,12)/t8-/m0/s1. The van der Waals surface area contributed by atoms with Crippen molar-refractivity contribution < 1.29 is 19.0 Å². The van der Waals surface area contributed by atoms with Gasteiger partial charge in [-0.25, -0.2) is 9.18 Å². The van der Waals surface area contributed by atoms with Gasteiger partial charge in [0.1, 0.15) is 5.82 Å². The van der Waals surface area contributed by atoms with Crippen LogP contribution in [0, 0.1) is 5.82 Å². The molecule has 4 heteroatoms. The van der Waals surface area contributed by atoms with Gasteiger partial charge in [-0.2, -0.15) is 0 Å². The van der Waals surface area contributed by atoms with E-state index in [1.807, 2.05) is 0 Å². The molecule has 1 rings (SSSR count). The van der Waals surface area contributed by atoms with E-state index in [4.69, 9.17) is 9.84 Å². The Hall–Kier alpha value is -1.42. The van der Waals surface area contributed by atoms with Gasteiger partial charge in [0, 0.05) is 7.11 Å². The molecular weight excluding hydrogens is 175 g/mol. The summed E-state index contributed by atoms with van der Waals surface area (Å²) in [6.07, 6.45) is -1.03. The van der Waals surface area contributed by atoms with E-state index in [1.165, 1.54) is 31.4 Å². The normalized spacial score (nSPS) is 12.5. The third-order valence-electron chi connectivity index (χ3n) is 1.63. The van der Waals surface area contributed by atoms with Gasteiger partial charge >= 0.3 is 5.97 Å². The average Bonchev–Trinajstić information content (AvgIpc) is 2.09. The second kappa shape index (κ2) is 4.00. The number of hydrogen-bond acceptors (Lipinski definition) is 2. The summed E-state index contributed by atoms with van der Waals surface area (Å²) in [4.78, 5) is 10.6. The minimum atomic E-state index is -1.09. The van der Waals surface area contributed by atoms with Crippen LogP contribution >= 0.6 is 0 Å². The maximum Gasteiger partial charge on any atom is 0.337 e. The molecular formula is C9H9FO3. The molecule has 13 heavy (non-hydrogen) atoms. The van der Waals surface area contributed by atoms with E-state index >= 15 is 0 Å². The molecule has 0 spiro atoms. The predicted octanol–water partition coefficient (Wildman–Crippen LogP) is 1.60. The number of halogens is 1. The van der Waals surface area contributed by atoms with Crippen LogP contribution in [-0.4, -0.2) is 18.2 Å². The van der Waals surface area contributed by atoms with Gasteiger partial charge in [-0.15, -0.1) is 0 Å². The Morgan fingerprint density at radius 1 is 1.46 bits per heavy atom. The number of carboxylic acid groups (broad SMARTS) is 1. The minimum Gasteiger partial charge on any atom is -0.479 e. The summed E-state index contributed by atoms with van der Waals surface area (Å²) in [5.74, 6) is -1.49. The van der Waals surface area contributed by atoms with Crippen LogP contribution in [0.3, 0.4) is 0 Å². The predicted molar refractivity (Wildman–Crippen MR) is 43.8 cm³/mol. The fourth-order valence-corrected chi connectivity index (χ4v) is 1.02. The maximum absolute atomic E-state index is 12.5. The molecule has 1 N–H and O–H groups in total. The van der Waals surface area contributed by atoms with Crippen LogP contribution < -0.4 is 0 Å². The largest absolute Gasteiger partial charge is 0.479 e. The van der Waals surface area contributed by atoms with Crippen molar-refractivity contribution in [1.82, 2.24) is 0 Å². The first-order valence-corrected chi connectivity index (χ1v) is 3.66. The lowest BCUT2D eigenvalue weighted by atomic mass is 10.1. The van der Waals surface area contributed by atoms with E-state index in [9.17, 15) is 9.18 Å².